The minimum atomic E-state index is -0.785. The Morgan fingerprint density at radius 2 is 2.05 bits per heavy atom. The van der Waals surface area contributed by atoms with Gasteiger partial charge in [-0.15, -0.1) is 0 Å². The fraction of sp³-hybridized carbons (Fsp3) is 0.467. The van der Waals surface area contributed by atoms with Crippen LogP contribution < -0.4 is 5.32 Å². The number of carboxylic acids is 1. The zero-order valence-corrected chi connectivity index (χ0v) is 11.4. The number of nitrogens with one attached hydrogen (secondary N) is 1. The van der Waals surface area contributed by atoms with Gasteiger partial charge in [-0.1, -0.05) is 18.2 Å². The molecule has 1 atom stereocenters. The summed E-state index contributed by atoms with van der Waals surface area (Å²) in [4.78, 5) is 24.6. The Hall–Kier alpha value is -2.04. The van der Waals surface area contributed by atoms with Gasteiger partial charge in [0, 0.05) is 25.2 Å². The minimum Gasteiger partial charge on any atom is -0.481 e. The van der Waals surface area contributed by atoms with Crippen molar-refractivity contribution in [3.63, 3.8) is 0 Å². The molecule has 2 rings (SSSR count). The Labute approximate surface area is 118 Å². The molecule has 0 spiro atoms. The van der Waals surface area contributed by atoms with E-state index >= 15 is 0 Å². The second-order valence-corrected chi connectivity index (χ2v) is 5.17. The Kier molecular flexibility index (Phi) is 4.98. The van der Waals surface area contributed by atoms with Gasteiger partial charge in [-0.3, -0.25) is 9.59 Å². The zero-order valence-electron chi connectivity index (χ0n) is 11.4. The van der Waals surface area contributed by atoms with Crippen LogP contribution in [-0.2, 0) is 9.59 Å². The average Bonchev–Trinajstić information content (AvgIpc) is 2.45. The first-order chi connectivity index (χ1) is 9.65. The topological polar surface area (TPSA) is 69.6 Å². The first-order valence-corrected chi connectivity index (χ1v) is 6.93. The standard InChI is InChI=1S/C15H20N2O3/c18-14(10-16-13-6-2-1-3-7-13)17-8-4-5-12(11-17)9-15(19)20/h1-3,6-7,12,16H,4-5,8-11H2,(H,19,20). The van der Waals surface area contributed by atoms with Crippen molar-refractivity contribution in [3.05, 3.63) is 30.3 Å². The van der Waals surface area contributed by atoms with E-state index in [9.17, 15) is 9.59 Å². The maximum Gasteiger partial charge on any atom is 0.303 e. The molecule has 1 heterocycles. The van der Waals surface area contributed by atoms with Crippen molar-refractivity contribution >= 4 is 17.6 Å². The van der Waals surface area contributed by atoms with Gasteiger partial charge in [-0.25, -0.2) is 0 Å². The van der Waals surface area contributed by atoms with Crippen LogP contribution in [0.3, 0.4) is 0 Å². The Balaban J connectivity index is 1.81. The van der Waals surface area contributed by atoms with E-state index in [1.54, 1.807) is 4.90 Å². The third-order valence-electron chi connectivity index (χ3n) is 3.55. The highest BCUT2D eigenvalue weighted by Crippen LogP contribution is 2.19. The van der Waals surface area contributed by atoms with Crippen LogP contribution in [0, 0.1) is 5.92 Å². The number of aliphatic carboxylic acids is 1. The highest BCUT2D eigenvalue weighted by atomic mass is 16.4. The molecule has 1 fully saturated rings. The van der Waals surface area contributed by atoms with Gasteiger partial charge >= 0.3 is 5.97 Å². The summed E-state index contributed by atoms with van der Waals surface area (Å²) in [6.45, 7) is 1.54. The normalized spacial score (nSPS) is 18.6. The van der Waals surface area contributed by atoms with Crippen LogP contribution in [0.4, 0.5) is 5.69 Å². The number of amides is 1. The van der Waals surface area contributed by atoms with Gasteiger partial charge in [0.1, 0.15) is 0 Å². The number of carbonyl (C=O) groups is 2. The molecule has 0 bridgehead atoms. The maximum absolute atomic E-state index is 12.1. The third kappa shape index (κ3) is 4.26. The number of carboxylic acid groups (broad SMARTS) is 1. The first kappa shape index (κ1) is 14.4. The number of carbonyl (C=O) groups excluding carboxylic acids is 1. The fourth-order valence-electron chi connectivity index (χ4n) is 2.55. The summed E-state index contributed by atoms with van der Waals surface area (Å²) in [5, 5.41) is 11.9. The quantitative estimate of drug-likeness (QED) is 0.860. The molecule has 1 aromatic carbocycles. The number of nitrogens with zero attached hydrogens (tertiary/aromatic N) is 1. The van der Waals surface area contributed by atoms with Gasteiger partial charge in [0.25, 0.3) is 0 Å². The number of rotatable bonds is 5. The number of piperidine rings is 1. The number of hydrogen-bond acceptors (Lipinski definition) is 3. The molecule has 1 aromatic rings. The third-order valence-corrected chi connectivity index (χ3v) is 3.55. The zero-order chi connectivity index (χ0) is 14.4. The predicted molar refractivity (Wildman–Crippen MR) is 76.5 cm³/mol. The molecule has 0 radical (unpaired) electrons. The summed E-state index contributed by atoms with van der Waals surface area (Å²) in [5.74, 6) is -0.669. The summed E-state index contributed by atoms with van der Waals surface area (Å²) in [6.07, 6.45) is 1.92. The highest BCUT2D eigenvalue weighted by molar-refractivity contribution is 5.81. The molecule has 1 aliphatic heterocycles. The lowest BCUT2D eigenvalue weighted by atomic mass is 9.95. The number of hydrogen-bond donors (Lipinski definition) is 2. The first-order valence-electron chi connectivity index (χ1n) is 6.93. The molecular formula is C15H20N2O3. The molecule has 2 N–H and O–H groups in total. The van der Waals surface area contributed by atoms with Gasteiger partial charge in [-0.2, -0.15) is 0 Å². The highest BCUT2D eigenvalue weighted by Gasteiger charge is 2.24. The van der Waals surface area contributed by atoms with Crippen LogP contribution in [0.1, 0.15) is 19.3 Å². The molecule has 108 valence electrons. The predicted octanol–water partition coefficient (Wildman–Crippen LogP) is 1.81. The van der Waals surface area contributed by atoms with E-state index in [0.717, 1.165) is 25.1 Å². The van der Waals surface area contributed by atoms with Gasteiger partial charge in [-0.05, 0) is 30.9 Å². The van der Waals surface area contributed by atoms with Gasteiger partial charge < -0.3 is 15.3 Å². The molecule has 1 saturated heterocycles. The lowest BCUT2D eigenvalue weighted by Crippen LogP contribution is -2.43. The molecule has 1 unspecified atom stereocenters. The van der Waals surface area contributed by atoms with Crippen LogP contribution in [0.25, 0.3) is 0 Å². The minimum absolute atomic E-state index is 0.0314. The van der Waals surface area contributed by atoms with E-state index < -0.39 is 5.97 Å². The van der Waals surface area contributed by atoms with Crippen molar-refractivity contribution in [2.45, 2.75) is 19.3 Å². The summed E-state index contributed by atoms with van der Waals surface area (Å²) < 4.78 is 0. The van der Waals surface area contributed by atoms with Crippen molar-refractivity contribution in [2.75, 3.05) is 25.0 Å². The van der Waals surface area contributed by atoms with Crippen molar-refractivity contribution in [1.82, 2.24) is 4.90 Å². The molecular weight excluding hydrogens is 256 g/mol. The van der Waals surface area contributed by atoms with Gasteiger partial charge in [0.05, 0.1) is 6.54 Å². The lowest BCUT2D eigenvalue weighted by molar-refractivity contribution is -0.140. The summed E-state index contributed by atoms with van der Waals surface area (Å²) in [7, 11) is 0. The number of likely N-dealkylation sites (tertiary alicyclic amines) is 1. The fourth-order valence-corrected chi connectivity index (χ4v) is 2.55. The molecule has 5 heteroatoms. The van der Waals surface area contributed by atoms with Crippen LogP contribution in [0.2, 0.25) is 0 Å². The second-order valence-electron chi connectivity index (χ2n) is 5.17. The molecule has 0 aliphatic carbocycles. The molecule has 20 heavy (non-hydrogen) atoms. The molecule has 5 nitrogen and oxygen atoms in total. The van der Waals surface area contributed by atoms with E-state index in [1.807, 2.05) is 30.3 Å². The van der Waals surface area contributed by atoms with Gasteiger partial charge in [0.15, 0.2) is 0 Å². The van der Waals surface area contributed by atoms with Crippen molar-refractivity contribution in [1.29, 1.82) is 0 Å². The maximum atomic E-state index is 12.1. The van der Waals surface area contributed by atoms with Crippen LogP contribution >= 0.6 is 0 Å². The van der Waals surface area contributed by atoms with Crippen LogP contribution in [0.15, 0.2) is 30.3 Å². The van der Waals surface area contributed by atoms with E-state index in [4.69, 9.17) is 5.11 Å². The molecule has 1 aliphatic rings. The SMILES string of the molecule is O=C(O)CC1CCCN(C(=O)CNc2ccccc2)C1. The van der Waals surface area contributed by atoms with Crippen molar-refractivity contribution in [3.8, 4) is 0 Å². The lowest BCUT2D eigenvalue weighted by Gasteiger charge is -2.32. The van der Waals surface area contributed by atoms with E-state index in [0.29, 0.717) is 6.54 Å². The van der Waals surface area contributed by atoms with E-state index in [1.165, 1.54) is 0 Å². The molecule has 0 saturated carbocycles. The van der Waals surface area contributed by atoms with Crippen molar-refractivity contribution < 1.29 is 14.7 Å². The molecule has 1 amide bonds. The average molecular weight is 276 g/mol. The Morgan fingerprint density at radius 3 is 2.75 bits per heavy atom. The van der Waals surface area contributed by atoms with Crippen LogP contribution in [-0.4, -0.2) is 41.5 Å². The number of anilines is 1. The van der Waals surface area contributed by atoms with Crippen molar-refractivity contribution in [2.24, 2.45) is 5.92 Å². The largest absolute Gasteiger partial charge is 0.481 e. The number of benzene rings is 1. The van der Waals surface area contributed by atoms with Crippen LogP contribution in [0.5, 0.6) is 0 Å². The Bertz CT molecular complexity index is 461. The smallest absolute Gasteiger partial charge is 0.303 e. The van der Waals surface area contributed by atoms with E-state index in [-0.39, 0.29) is 24.8 Å². The Morgan fingerprint density at radius 1 is 1.30 bits per heavy atom. The summed E-state index contributed by atoms with van der Waals surface area (Å²) in [6, 6.07) is 9.58. The van der Waals surface area contributed by atoms with Gasteiger partial charge in [0.2, 0.25) is 5.91 Å². The molecule has 0 aromatic heterocycles. The summed E-state index contributed by atoms with van der Waals surface area (Å²) >= 11 is 0. The second kappa shape index (κ2) is 6.93. The monoisotopic (exact) mass is 276 g/mol. The summed E-state index contributed by atoms with van der Waals surface area (Å²) in [5.41, 5.74) is 0.917. The van der Waals surface area contributed by atoms with E-state index in [2.05, 4.69) is 5.32 Å². The number of para-hydroxylation sites is 1.